The number of nitrogens with zero attached hydrogens (tertiary/aromatic N) is 3. The van der Waals surface area contributed by atoms with E-state index in [4.69, 9.17) is 0 Å². The van der Waals surface area contributed by atoms with Crippen LogP contribution in [0.5, 0.6) is 0 Å². The van der Waals surface area contributed by atoms with Gasteiger partial charge >= 0.3 is 0 Å². The number of aliphatic hydroxyl groups is 1. The van der Waals surface area contributed by atoms with Crippen molar-refractivity contribution >= 4 is 40.0 Å². The van der Waals surface area contributed by atoms with E-state index in [1.165, 1.54) is 32.7 Å². The van der Waals surface area contributed by atoms with Gasteiger partial charge in [-0.2, -0.15) is 0 Å². The molecule has 0 saturated heterocycles. The van der Waals surface area contributed by atoms with Crippen LogP contribution in [0.25, 0.3) is 44.5 Å². The molecule has 308 valence electrons. The summed E-state index contributed by atoms with van der Waals surface area (Å²) in [6.07, 6.45) is -1.27. The largest absolute Gasteiger partial charge is 0.356 e. The Morgan fingerprint density at radius 1 is 0.438 bits per heavy atom. The number of amides is 1. The minimum atomic E-state index is -1.27. The molecule has 9 aromatic carbocycles. The highest BCUT2D eigenvalue weighted by Gasteiger charge is 2.39. The zero-order chi connectivity index (χ0) is 43.4. The smallest absolute Gasteiger partial charge is 0.263 e. The summed E-state index contributed by atoms with van der Waals surface area (Å²) in [5, 5.41) is 12.0. The van der Waals surface area contributed by atoms with Crippen molar-refractivity contribution in [3.8, 4) is 44.5 Å². The second kappa shape index (κ2) is 15.7. The molecule has 1 heterocycles. The van der Waals surface area contributed by atoms with E-state index in [0.717, 1.165) is 50.6 Å². The van der Waals surface area contributed by atoms with E-state index < -0.39 is 6.35 Å². The molecule has 0 saturated carbocycles. The molecule has 5 heteroatoms. The molecule has 64 heavy (non-hydrogen) atoms. The Bertz CT molecular complexity index is 3160. The molecule has 0 spiro atoms. The van der Waals surface area contributed by atoms with Crippen LogP contribution in [-0.4, -0.2) is 17.4 Å². The van der Waals surface area contributed by atoms with Gasteiger partial charge in [-0.25, -0.2) is 0 Å². The summed E-state index contributed by atoms with van der Waals surface area (Å²) in [4.78, 5) is 19.8. The number of hydrogen-bond acceptors (Lipinski definition) is 4. The third kappa shape index (κ3) is 6.57. The van der Waals surface area contributed by atoms with Crippen molar-refractivity contribution in [3.05, 3.63) is 241 Å². The lowest BCUT2D eigenvalue weighted by molar-refractivity contribution is 0.0875. The van der Waals surface area contributed by atoms with Crippen molar-refractivity contribution < 1.29 is 9.90 Å². The molecule has 0 fully saturated rings. The lowest BCUT2D eigenvalue weighted by Crippen LogP contribution is -2.53. The molecule has 1 N–H and O–H groups in total. The second-order valence-corrected chi connectivity index (χ2v) is 17.0. The summed E-state index contributed by atoms with van der Waals surface area (Å²) in [5.74, 6) is -0.257. The summed E-state index contributed by atoms with van der Waals surface area (Å²) in [6.45, 7) is 4.65. The Kier molecular flexibility index (Phi) is 9.56. The zero-order valence-corrected chi connectivity index (χ0v) is 35.6. The molecule has 11 rings (SSSR count). The highest BCUT2D eigenvalue weighted by atomic mass is 16.3. The van der Waals surface area contributed by atoms with E-state index in [1.54, 1.807) is 0 Å². The molecule has 1 aliphatic carbocycles. The van der Waals surface area contributed by atoms with Gasteiger partial charge in [-0.3, -0.25) is 14.6 Å². The van der Waals surface area contributed by atoms with E-state index in [2.05, 4.69) is 152 Å². The third-order valence-corrected chi connectivity index (χ3v) is 13.0. The van der Waals surface area contributed by atoms with Crippen LogP contribution in [-0.2, 0) is 5.41 Å². The average molecular weight is 828 g/mol. The topological polar surface area (TPSA) is 47.0 Å². The third-order valence-electron chi connectivity index (χ3n) is 13.0. The van der Waals surface area contributed by atoms with Crippen molar-refractivity contribution in [2.75, 3.05) is 14.7 Å². The summed E-state index contributed by atoms with van der Waals surface area (Å²) < 4.78 is 0. The van der Waals surface area contributed by atoms with E-state index >= 15 is 0 Å². The van der Waals surface area contributed by atoms with E-state index in [1.807, 2.05) is 95.9 Å². The quantitative estimate of drug-likeness (QED) is 0.166. The monoisotopic (exact) mass is 827 g/mol. The number of fused-ring (bicyclic) bond motifs is 4. The highest BCUT2D eigenvalue weighted by Crippen LogP contribution is 2.54. The van der Waals surface area contributed by atoms with Crippen LogP contribution < -0.4 is 14.7 Å². The minimum absolute atomic E-state index is 0.139. The standard InChI is InChI=1S/C59H45N3O2/c1-59(2)52-23-11-9-21-50(52)56-53(59)24-14-26-55(56)60(49-20-13-19-45(39-49)41-17-7-4-8-18-41)46-33-27-43(28-34-46)44-31-37-48(38-32-44)62-57(63)51-22-10-12-25-54(51)61(58(62)64)47-35-29-42(30-36-47)40-15-5-3-6-16-40/h3-39,58,64H,1-2H3. The number of anilines is 6. The number of carbonyl (C=O) groups excluding carboxylic acids is 1. The van der Waals surface area contributed by atoms with Gasteiger partial charge in [0, 0.05) is 33.7 Å². The first-order chi connectivity index (χ1) is 31.3. The highest BCUT2D eigenvalue weighted by molar-refractivity contribution is 6.13. The molecule has 0 aromatic heterocycles. The number of aliphatic hydroxyl groups excluding tert-OH is 1. The van der Waals surface area contributed by atoms with Crippen LogP contribution in [0.3, 0.4) is 0 Å². The lowest BCUT2D eigenvalue weighted by atomic mass is 9.82. The summed E-state index contributed by atoms with van der Waals surface area (Å²) >= 11 is 0. The van der Waals surface area contributed by atoms with E-state index in [-0.39, 0.29) is 11.3 Å². The maximum Gasteiger partial charge on any atom is 0.263 e. The Morgan fingerprint density at radius 2 is 0.922 bits per heavy atom. The molecule has 2 aliphatic rings. The summed E-state index contributed by atoms with van der Waals surface area (Å²) in [5.41, 5.74) is 17.4. The van der Waals surface area contributed by atoms with Crippen molar-refractivity contribution in [1.29, 1.82) is 0 Å². The van der Waals surface area contributed by atoms with Gasteiger partial charge in [0.05, 0.1) is 16.9 Å². The Balaban J connectivity index is 0.937. The molecule has 9 aromatic rings. The van der Waals surface area contributed by atoms with Gasteiger partial charge in [-0.15, -0.1) is 0 Å². The molecule has 1 atom stereocenters. The van der Waals surface area contributed by atoms with Crippen LogP contribution in [0, 0.1) is 0 Å². The van der Waals surface area contributed by atoms with Crippen molar-refractivity contribution in [1.82, 2.24) is 0 Å². The van der Waals surface area contributed by atoms with Crippen molar-refractivity contribution in [3.63, 3.8) is 0 Å². The van der Waals surface area contributed by atoms with Gasteiger partial charge in [0.1, 0.15) is 0 Å². The number of benzene rings is 9. The fourth-order valence-corrected chi connectivity index (χ4v) is 9.73. The summed E-state index contributed by atoms with van der Waals surface area (Å²) in [7, 11) is 0. The number of rotatable bonds is 8. The van der Waals surface area contributed by atoms with Crippen molar-refractivity contribution in [2.45, 2.75) is 25.6 Å². The predicted octanol–water partition coefficient (Wildman–Crippen LogP) is 14.5. The van der Waals surface area contributed by atoms with Crippen LogP contribution in [0.15, 0.2) is 224 Å². The molecule has 0 bridgehead atoms. The van der Waals surface area contributed by atoms with Gasteiger partial charge in [-0.05, 0) is 117 Å². The van der Waals surface area contributed by atoms with E-state index in [9.17, 15) is 9.90 Å². The zero-order valence-electron chi connectivity index (χ0n) is 35.6. The van der Waals surface area contributed by atoms with Crippen LogP contribution in [0.4, 0.5) is 34.1 Å². The Labute approximate surface area is 374 Å². The molecule has 1 aliphatic heterocycles. The number of para-hydroxylation sites is 1. The molecular weight excluding hydrogens is 783 g/mol. The van der Waals surface area contributed by atoms with Gasteiger partial charge in [-0.1, -0.05) is 172 Å². The molecule has 1 amide bonds. The van der Waals surface area contributed by atoms with Gasteiger partial charge in [0.2, 0.25) is 6.35 Å². The van der Waals surface area contributed by atoms with Crippen LogP contribution in [0.1, 0.15) is 35.3 Å². The first kappa shape index (κ1) is 38.9. The molecular formula is C59H45N3O2. The Hall–Kier alpha value is -7.99. The SMILES string of the molecule is CC1(C)c2ccccc2-c2c(N(c3ccc(-c4ccc(N5C(=O)c6ccccc6N(c6ccc(-c7ccccc7)cc6)C5O)cc4)cc3)c3cccc(-c4ccccc4)c3)cccc21. The van der Waals surface area contributed by atoms with Crippen molar-refractivity contribution in [2.24, 2.45) is 0 Å². The first-order valence-electron chi connectivity index (χ1n) is 21.8. The van der Waals surface area contributed by atoms with Gasteiger partial charge < -0.3 is 10.0 Å². The molecule has 5 nitrogen and oxygen atoms in total. The molecule has 0 radical (unpaired) electrons. The molecule has 1 unspecified atom stereocenters. The first-order valence-corrected chi connectivity index (χ1v) is 21.8. The van der Waals surface area contributed by atoms with Gasteiger partial charge in [0.15, 0.2) is 0 Å². The normalized spacial score (nSPS) is 14.7. The fourth-order valence-electron chi connectivity index (χ4n) is 9.73. The second-order valence-electron chi connectivity index (χ2n) is 17.0. The lowest BCUT2D eigenvalue weighted by Gasteiger charge is -2.42. The van der Waals surface area contributed by atoms with E-state index in [0.29, 0.717) is 16.9 Å². The average Bonchev–Trinajstić information content (AvgIpc) is 3.59. The predicted molar refractivity (Wildman–Crippen MR) is 263 cm³/mol. The van der Waals surface area contributed by atoms with Gasteiger partial charge in [0.25, 0.3) is 5.91 Å². The van der Waals surface area contributed by atoms with Crippen LogP contribution >= 0.6 is 0 Å². The maximum atomic E-state index is 14.1. The minimum Gasteiger partial charge on any atom is -0.356 e. The Morgan fingerprint density at radius 3 is 1.58 bits per heavy atom. The number of hydrogen-bond donors (Lipinski definition) is 1. The van der Waals surface area contributed by atoms with Crippen LogP contribution in [0.2, 0.25) is 0 Å². The number of carbonyl (C=O) groups is 1. The summed E-state index contributed by atoms with van der Waals surface area (Å²) in [6, 6.07) is 77.2. The fraction of sp³-hybridized carbons (Fsp3) is 0.0678. The maximum absolute atomic E-state index is 14.1.